The van der Waals surface area contributed by atoms with Crippen molar-refractivity contribution in [3.63, 3.8) is 0 Å². The second-order valence-electron chi connectivity index (χ2n) is 8.57. The lowest BCUT2D eigenvalue weighted by Crippen LogP contribution is -2.11. The van der Waals surface area contributed by atoms with Crippen molar-refractivity contribution in [3.8, 4) is 16.8 Å². The average Bonchev–Trinajstić information content (AvgIpc) is 3.26. The van der Waals surface area contributed by atoms with E-state index in [4.69, 9.17) is 0 Å². The number of hydrogen-bond acceptors (Lipinski definition) is 0. The Morgan fingerprint density at radius 1 is 0.441 bits per heavy atom. The Kier molecular flexibility index (Phi) is 5.29. The molecule has 0 N–H and O–H groups in total. The first-order valence-corrected chi connectivity index (χ1v) is 11.8. The molecule has 1 heteroatoms. The number of aromatic nitrogens is 1. The molecule has 0 radical (unpaired) electrons. The molecule has 0 saturated carbocycles. The Bertz CT molecular complexity index is 1400. The maximum Gasteiger partial charge on any atom is 0.0538 e. The maximum atomic E-state index is 2.46. The molecule has 0 amide bonds. The van der Waals surface area contributed by atoms with Crippen LogP contribution in [0, 0.1) is 0 Å². The van der Waals surface area contributed by atoms with Crippen molar-refractivity contribution < 1.29 is 0 Å². The van der Waals surface area contributed by atoms with Crippen molar-refractivity contribution >= 4 is 10.9 Å². The fourth-order valence-electron chi connectivity index (χ4n) is 5.10. The Hall–Kier alpha value is -4.36. The van der Waals surface area contributed by atoms with Crippen molar-refractivity contribution in [3.05, 3.63) is 162 Å². The quantitative estimate of drug-likeness (QED) is 0.256. The third-order valence-corrected chi connectivity index (χ3v) is 6.53. The molecule has 0 spiro atoms. The highest BCUT2D eigenvalue weighted by atomic mass is 15.0. The Morgan fingerprint density at radius 3 is 1.50 bits per heavy atom. The molecule has 162 valence electrons. The van der Waals surface area contributed by atoms with Gasteiger partial charge in [0.2, 0.25) is 0 Å². The largest absolute Gasteiger partial charge is 0.312 e. The molecule has 0 atom stereocenters. The Balaban J connectivity index is 1.79. The average molecular weight is 436 g/mol. The number of hydrogen-bond donors (Lipinski definition) is 0. The van der Waals surface area contributed by atoms with Gasteiger partial charge in [-0.25, -0.2) is 0 Å². The van der Waals surface area contributed by atoms with E-state index < -0.39 is 0 Å². The van der Waals surface area contributed by atoms with Crippen LogP contribution in [0.15, 0.2) is 146 Å². The van der Waals surface area contributed by atoms with E-state index >= 15 is 0 Å². The molecule has 34 heavy (non-hydrogen) atoms. The first kappa shape index (κ1) is 20.3. The van der Waals surface area contributed by atoms with Crippen LogP contribution in [0.1, 0.15) is 22.7 Å². The minimum absolute atomic E-state index is 0.0743. The summed E-state index contributed by atoms with van der Waals surface area (Å²) in [6, 6.07) is 52.1. The van der Waals surface area contributed by atoms with E-state index in [0.29, 0.717) is 0 Å². The van der Waals surface area contributed by atoms with Crippen LogP contribution in [0.5, 0.6) is 0 Å². The Morgan fingerprint density at radius 2 is 0.912 bits per heavy atom. The van der Waals surface area contributed by atoms with Crippen LogP contribution in [-0.4, -0.2) is 4.57 Å². The van der Waals surface area contributed by atoms with Crippen LogP contribution in [0.2, 0.25) is 0 Å². The highest BCUT2D eigenvalue weighted by molar-refractivity contribution is 6.00. The minimum Gasteiger partial charge on any atom is -0.312 e. The number of fused-ring (bicyclic) bond motifs is 1. The van der Waals surface area contributed by atoms with Gasteiger partial charge in [0.25, 0.3) is 0 Å². The van der Waals surface area contributed by atoms with Gasteiger partial charge < -0.3 is 4.57 Å². The van der Waals surface area contributed by atoms with Crippen molar-refractivity contribution in [2.24, 2.45) is 0 Å². The van der Waals surface area contributed by atoms with Gasteiger partial charge in [0.15, 0.2) is 0 Å². The number of nitrogens with zero attached hydrogens (tertiary/aromatic N) is 1. The molecule has 0 aliphatic rings. The van der Waals surface area contributed by atoms with Crippen molar-refractivity contribution in [2.45, 2.75) is 5.92 Å². The van der Waals surface area contributed by atoms with Gasteiger partial charge in [0.1, 0.15) is 0 Å². The predicted octanol–water partition coefficient (Wildman–Crippen LogP) is 8.48. The lowest BCUT2D eigenvalue weighted by atomic mass is 9.84. The summed E-state index contributed by atoms with van der Waals surface area (Å²) in [5, 5.41) is 1.27. The molecule has 6 aromatic rings. The van der Waals surface area contributed by atoms with Crippen LogP contribution < -0.4 is 0 Å². The van der Waals surface area contributed by atoms with Crippen LogP contribution in [-0.2, 0) is 0 Å². The third-order valence-electron chi connectivity index (χ3n) is 6.53. The number of benzene rings is 5. The first-order chi connectivity index (χ1) is 16.9. The van der Waals surface area contributed by atoms with Gasteiger partial charge in [-0.1, -0.05) is 127 Å². The minimum atomic E-state index is 0.0743. The highest BCUT2D eigenvalue weighted by Crippen LogP contribution is 2.45. The summed E-state index contributed by atoms with van der Waals surface area (Å²) in [6.45, 7) is 0. The van der Waals surface area contributed by atoms with Crippen LogP contribution in [0.25, 0.3) is 27.7 Å². The van der Waals surface area contributed by atoms with Gasteiger partial charge in [-0.15, -0.1) is 0 Å². The van der Waals surface area contributed by atoms with Crippen LogP contribution >= 0.6 is 0 Å². The molecule has 0 unspecified atom stereocenters. The van der Waals surface area contributed by atoms with E-state index in [1.807, 2.05) is 0 Å². The SMILES string of the molecule is c1ccc(-c2c(C(c3ccccc3)c3ccccc3)n(-c3ccccc3)c3ccccc23)cc1. The smallest absolute Gasteiger partial charge is 0.0538 e. The van der Waals surface area contributed by atoms with E-state index in [1.54, 1.807) is 0 Å². The molecule has 1 nitrogen and oxygen atoms in total. The molecular weight excluding hydrogens is 410 g/mol. The van der Waals surface area contributed by atoms with Gasteiger partial charge in [0, 0.05) is 22.3 Å². The summed E-state index contributed by atoms with van der Waals surface area (Å²) >= 11 is 0. The first-order valence-electron chi connectivity index (χ1n) is 11.8. The summed E-state index contributed by atoms with van der Waals surface area (Å²) in [5.41, 5.74) is 8.78. The number of para-hydroxylation sites is 2. The maximum absolute atomic E-state index is 2.46. The molecule has 0 fully saturated rings. The van der Waals surface area contributed by atoms with Crippen molar-refractivity contribution in [1.29, 1.82) is 0 Å². The zero-order chi connectivity index (χ0) is 22.7. The van der Waals surface area contributed by atoms with E-state index in [2.05, 4.69) is 150 Å². The highest BCUT2D eigenvalue weighted by Gasteiger charge is 2.28. The standard InChI is InChI=1S/C33H25N/c1-5-15-25(16-6-1)31(26-17-7-2-8-18-26)33-32(27-19-9-3-10-20-27)29-23-13-14-24-30(29)34(33)28-21-11-4-12-22-28/h1-24,31H. The topological polar surface area (TPSA) is 4.93 Å². The molecule has 0 aliphatic heterocycles. The van der Waals surface area contributed by atoms with Crippen LogP contribution in [0.3, 0.4) is 0 Å². The van der Waals surface area contributed by atoms with Crippen LogP contribution in [0.4, 0.5) is 0 Å². The van der Waals surface area contributed by atoms with Gasteiger partial charge in [-0.05, 0) is 34.9 Å². The molecule has 0 saturated heterocycles. The van der Waals surface area contributed by atoms with Gasteiger partial charge >= 0.3 is 0 Å². The zero-order valence-corrected chi connectivity index (χ0v) is 18.9. The fourth-order valence-corrected chi connectivity index (χ4v) is 5.10. The normalized spacial score (nSPS) is 11.2. The van der Waals surface area contributed by atoms with Gasteiger partial charge in [0.05, 0.1) is 11.4 Å². The number of rotatable bonds is 5. The zero-order valence-electron chi connectivity index (χ0n) is 18.9. The molecular formula is C33H25N. The molecule has 1 aromatic heterocycles. The molecule has 0 aliphatic carbocycles. The van der Waals surface area contributed by atoms with Gasteiger partial charge in [-0.3, -0.25) is 0 Å². The Labute approximate surface area is 200 Å². The lowest BCUT2D eigenvalue weighted by molar-refractivity contribution is 0.880. The second kappa shape index (κ2) is 8.88. The third kappa shape index (κ3) is 3.52. The summed E-state index contributed by atoms with van der Waals surface area (Å²) in [6.07, 6.45) is 0. The molecule has 1 heterocycles. The summed E-state index contributed by atoms with van der Waals surface area (Å²) in [7, 11) is 0. The van der Waals surface area contributed by atoms with Gasteiger partial charge in [-0.2, -0.15) is 0 Å². The monoisotopic (exact) mass is 435 g/mol. The summed E-state index contributed by atoms with van der Waals surface area (Å²) < 4.78 is 2.46. The van der Waals surface area contributed by atoms with E-state index in [0.717, 1.165) is 0 Å². The molecule has 0 bridgehead atoms. The van der Waals surface area contributed by atoms with E-state index in [9.17, 15) is 0 Å². The molecule has 5 aromatic carbocycles. The summed E-state index contributed by atoms with van der Waals surface area (Å²) in [5.74, 6) is 0.0743. The lowest BCUT2D eigenvalue weighted by Gasteiger charge is -2.23. The molecule has 6 rings (SSSR count). The second-order valence-corrected chi connectivity index (χ2v) is 8.57. The van der Waals surface area contributed by atoms with Crippen molar-refractivity contribution in [2.75, 3.05) is 0 Å². The van der Waals surface area contributed by atoms with E-state index in [1.165, 1.54) is 44.5 Å². The van der Waals surface area contributed by atoms with E-state index in [-0.39, 0.29) is 5.92 Å². The fraction of sp³-hybridized carbons (Fsp3) is 0.0303. The summed E-state index contributed by atoms with van der Waals surface area (Å²) in [4.78, 5) is 0. The van der Waals surface area contributed by atoms with Crippen molar-refractivity contribution in [1.82, 2.24) is 4.57 Å². The predicted molar refractivity (Wildman–Crippen MR) is 143 cm³/mol.